The van der Waals surface area contributed by atoms with Crippen LogP contribution >= 0.6 is 11.6 Å². The molecule has 1 aliphatic heterocycles. The van der Waals surface area contributed by atoms with E-state index in [1.165, 1.54) is 0 Å². The third-order valence-electron chi connectivity index (χ3n) is 4.50. The minimum absolute atomic E-state index is 0.218. The SMILES string of the molecule is CC(C)(C)[C@H](NC(=O)c1ccccc1Cl)C(=O)N1CCCC[C@H]1C=O. The molecule has 1 N–H and O–H groups in total. The van der Waals surface area contributed by atoms with Crippen molar-refractivity contribution in [2.75, 3.05) is 6.54 Å². The van der Waals surface area contributed by atoms with Crippen molar-refractivity contribution in [1.29, 1.82) is 0 Å². The maximum atomic E-state index is 13.1. The van der Waals surface area contributed by atoms with E-state index in [2.05, 4.69) is 5.32 Å². The zero-order chi connectivity index (χ0) is 18.6. The molecule has 1 aromatic rings. The molecule has 2 rings (SSSR count). The summed E-state index contributed by atoms with van der Waals surface area (Å²) in [6.45, 7) is 6.21. The number of likely N-dealkylation sites (tertiary alicyclic amines) is 1. The third-order valence-corrected chi connectivity index (χ3v) is 4.83. The predicted molar refractivity (Wildman–Crippen MR) is 97.6 cm³/mol. The Balaban J connectivity index is 2.24. The van der Waals surface area contributed by atoms with Crippen molar-refractivity contribution >= 4 is 29.7 Å². The van der Waals surface area contributed by atoms with Crippen molar-refractivity contribution in [2.45, 2.75) is 52.1 Å². The van der Waals surface area contributed by atoms with Gasteiger partial charge >= 0.3 is 0 Å². The third kappa shape index (κ3) is 4.60. The Kier molecular flexibility index (Phi) is 6.22. The molecule has 136 valence electrons. The highest BCUT2D eigenvalue weighted by molar-refractivity contribution is 6.33. The normalized spacial score (nSPS) is 19.2. The first kappa shape index (κ1) is 19.4. The number of benzene rings is 1. The number of nitrogens with one attached hydrogen (secondary N) is 1. The lowest BCUT2D eigenvalue weighted by atomic mass is 9.84. The number of hydrogen-bond donors (Lipinski definition) is 1. The van der Waals surface area contributed by atoms with Crippen LogP contribution in [0.4, 0.5) is 0 Å². The van der Waals surface area contributed by atoms with Gasteiger partial charge in [0.15, 0.2) is 0 Å². The van der Waals surface area contributed by atoms with E-state index in [9.17, 15) is 14.4 Å². The summed E-state index contributed by atoms with van der Waals surface area (Å²) in [6, 6.07) is 5.57. The second-order valence-corrected chi connectivity index (χ2v) is 7.89. The van der Waals surface area contributed by atoms with Gasteiger partial charge in [-0.05, 0) is 36.8 Å². The van der Waals surface area contributed by atoms with Gasteiger partial charge in [0.1, 0.15) is 12.3 Å². The second-order valence-electron chi connectivity index (χ2n) is 7.48. The van der Waals surface area contributed by atoms with Crippen LogP contribution in [0.1, 0.15) is 50.4 Å². The number of carbonyl (C=O) groups is 3. The van der Waals surface area contributed by atoms with Crippen LogP contribution in [-0.2, 0) is 9.59 Å². The Morgan fingerprint density at radius 3 is 2.56 bits per heavy atom. The van der Waals surface area contributed by atoms with Gasteiger partial charge in [0, 0.05) is 6.54 Å². The predicted octanol–water partition coefficient (Wildman–Crippen LogP) is 3.06. The average Bonchev–Trinajstić information content (AvgIpc) is 2.58. The van der Waals surface area contributed by atoms with Crippen molar-refractivity contribution in [3.8, 4) is 0 Å². The molecule has 1 saturated heterocycles. The fraction of sp³-hybridized carbons (Fsp3) is 0.526. The maximum absolute atomic E-state index is 13.1. The van der Waals surface area contributed by atoms with Crippen molar-refractivity contribution < 1.29 is 14.4 Å². The molecule has 1 aliphatic rings. The molecule has 0 bridgehead atoms. The molecule has 1 heterocycles. The molecule has 25 heavy (non-hydrogen) atoms. The van der Waals surface area contributed by atoms with Gasteiger partial charge in [0.05, 0.1) is 16.6 Å². The van der Waals surface area contributed by atoms with Gasteiger partial charge in [-0.25, -0.2) is 0 Å². The number of hydrogen-bond acceptors (Lipinski definition) is 3. The van der Waals surface area contributed by atoms with Gasteiger partial charge in [0.2, 0.25) is 5.91 Å². The van der Waals surface area contributed by atoms with E-state index in [4.69, 9.17) is 11.6 Å². The molecule has 0 spiro atoms. The molecule has 0 radical (unpaired) electrons. The van der Waals surface area contributed by atoms with Gasteiger partial charge in [-0.2, -0.15) is 0 Å². The summed E-state index contributed by atoms with van der Waals surface area (Å²) < 4.78 is 0. The fourth-order valence-electron chi connectivity index (χ4n) is 3.04. The fourth-order valence-corrected chi connectivity index (χ4v) is 3.26. The molecule has 0 aromatic heterocycles. The number of aldehydes is 1. The van der Waals surface area contributed by atoms with Gasteiger partial charge in [-0.15, -0.1) is 0 Å². The lowest BCUT2D eigenvalue weighted by Gasteiger charge is -2.39. The standard InChI is InChI=1S/C19H25ClN2O3/c1-19(2,3)16(18(25)22-11-7-6-8-13(22)12-23)21-17(24)14-9-4-5-10-15(14)20/h4-5,9-10,12-13,16H,6-8,11H2,1-3H3,(H,21,24)/t13-,16+/m0/s1. The molecule has 2 atom stereocenters. The Morgan fingerprint density at radius 1 is 1.28 bits per heavy atom. The summed E-state index contributed by atoms with van der Waals surface area (Å²) >= 11 is 6.09. The number of rotatable bonds is 4. The van der Waals surface area contributed by atoms with Gasteiger partial charge in [-0.3, -0.25) is 9.59 Å². The van der Waals surface area contributed by atoms with Crippen LogP contribution in [0.5, 0.6) is 0 Å². The number of piperidine rings is 1. The van der Waals surface area contributed by atoms with Crippen LogP contribution < -0.4 is 5.32 Å². The maximum Gasteiger partial charge on any atom is 0.253 e. The number of carbonyl (C=O) groups excluding carboxylic acids is 3. The van der Waals surface area contributed by atoms with Crippen LogP contribution in [0.3, 0.4) is 0 Å². The van der Waals surface area contributed by atoms with Crippen LogP contribution in [0.15, 0.2) is 24.3 Å². The van der Waals surface area contributed by atoms with Crippen molar-refractivity contribution in [1.82, 2.24) is 10.2 Å². The zero-order valence-electron chi connectivity index (χ0n) is 14.9. The smallest absolute Gasteiger partial charge is 0.253 e. The van der Waals surface area contributed by atoms with Gasteiger partial charge < -0.3 is 15.0 Å². The minimum Gasteiger partial charge on any atom is -0.340 e. The van der Waals surface area contributed by atoms with E-state index < -0.39 is 23.4 Å². The Bertz CT molecular complexity index is 654. The highest BCUT2D eigenvalue weighted by Crippen LogP contribution is 2.25. The molecule has 2 amide bonds. The second kappa shape index (κ2) is 8.00. The molecule has 5 nitrogen and oxygen atoms in total. The summed E-state index contributed by atoms with van der Waals surface area (Å²) in [5, 5.41) is 3.16. The summed E-state index contributed by atoms with van der Waals surface area (Å²) in [5.74, 6) is -0.608. The minimum atomic E-state index is -0.739. The number of halogens is 1. The van der Waals surface area contributed by atoms with E-state index in [1.807, 2.05) is 20.8 Å². The molecule has 0 saturated carbocycles. The van der Waals surface area contributed by atoms with Crippen LogP contribution in [0.2, 0.25) is 5.02 Å². The topological polar surface area (TPSA) is 66.5 Å². The first-order valence-corrected chi connectivity index (χ1v) is 8.94. The first-order valence-electron chi connectivity index (χ1n) is 8.57. The van der Waals surface area contributed by atoms with Gasteiger partial charge in [-0.1, -0.05) is 44.5 Å². The Hall–Kier alpha value is -1.88. The molecule has 6 heteroatoms. The van der Waals surface area contributed by atoms with Crippen molar-refractivity contribution in [3.05, 3.63) is 34.9 Å². The van der Waals surface area contributed by atoms with Crippen LogP contribution in [0.25, 0.3) is 0 Å². The molecule has 1 fully saturated rings. The summed E-state index contributed by atoms with van der Waals surface area (Å²) in [5.41, 5.74) is -0.171. The largest absolute Gasteiger partial charge is 0.340 e. The lowest BCUT2D eigenvalue weighted by molar-refractivity contribution is -0.142. The summed E-state index contributed by atoms with van der Waals surface area (Å²) in [7, 11) is 0. The van der Waals surface area contributed by atoms with E-state index >= 15 is 0 Å². The van der Waals surface area contributed by atoms with Crippen molar-refractivity contribution in [2.24, 2.45) is 5.41 Å². The Labute approximate surface area is 153 Å². The molecular weight excluding hydrogens is 340 g/mol. The zero-order valence-corrected chi connectivity index (χ0v) is 15.7. The molecule has 0 aliphatic carbocycles. The van der Waals surface area contributed by atoms with E-state index in [1.54, 1.807) is 29.2 Å². The monoisotopic (exact) mass is 364 g/mol. The van der Waals surface area contributed by atoms with Crippen LogP contribution in [0, 0.1) is 5.41 Å². The van der Waals surface area contributed by atoms with E-state index in [-0.39, 0.29) is 5.91 Å². The molecule has 0 unspecified atom stereocenters. The number of amides is 2. The summed E-state index contributed by atoms with van der Waals surface area (Å²) in [6.07, 6.45) is 3.29. The van der Waals surface area contributed by atoms with Crippen LogP contribution in [-0.4, -0.2) is 41.6 Å². The van der Waals surface area contributed by atoms with E-state index in [0.29, 0.717) is 23.6 Å². The molecule has 1 aromatic carbocycles. The lowest BCUT2D eigenvalue weighted by Crippen LogP contribution is -2.58. The molecular formula is C19H25ClN2O3. The van der Waals surface area contributed by atoms with E-state index in [0.717, 1.165) is 19.1 Å². The van der Waals surface area contributed by atoms with Gasteiger partial charge in [0.25, 0.3) is 5.91 Å². The first-order chi connectivity index (χ1) is 11.8. The van der Waals surface area contributed by atoms with Crippen molar-refractivity contribution in [3.63, 3.8) is 0 Å². The highest BCUT2D eigenvalue weighted by Gasteiger charge is 2.38. The number of nitrogens with zero attached hydrogens (tertiary/aromatic N) is 1. The summed E-state index contributed by atoms with van der Waals surface area (Å²) in [4.78, 5) is 38.6. The quantitative estimate of drug-likeness (QED) is 0.835. The average molecular weight is 365 g/mol. The highest BCUT2D eigenvalue weighted by atomic mass is 35.5. The Morgan fingerprint density at radius 2 is 1.96 bits per heavy atom.